The minimum Gasteiger partial charge on any atom is -0.484 e. The van der Waals surface area contributed by atoms with Gasteiger partial charge in [-0.05, 0) is 61.9 Å². The molecule has 2 N–H and O–H groups in total. The summed E-state index contributed by atoms with van der Waals surface area (Å²) in [5.74, 6) is 0.263. The highest BCUT2D eigenvalue weighted by molar-refractivity contribution is 7.92. The van der Waals surface area contributed by atoms with Crippen LogP contribution in [0.2, 0.25) is 0 Å². The van der Waals surface area contributed by atoms with Crippen LogP contribution in [0, 0.1) is 13.8 Å². The molecule has 0 radical (unpaired) electrons. The van der Waals surface area contributed by atoms with Gasteiger partial charge in [-0.2, -0.15) is 0 Å². The number of carbonyl (C=O) groups excluding carboxylic acids is 1. The van der Waals surface area contributed by atoms with Crippen LogP contribution in [-0.2, 0) is 14.8 Å². The largest absolute Gasteiger partial charge is 0.484 e. The molecule has 0 aliphatic heterocycles. The number of hydrogen-bond acceptors (Lipinski definition) is 4. The predicted molar refractivity (Wildman–Crippen MR) is 114 cm³/mol. The molecule has 29 heavy (non-hydrogen) atoms. The Kier molecular flexibility index (Phi) is 6.19. The zero-order valence-corrected chi connectivity index (χ0v) is 17.0. The van der Waals surface area contributed by atoms with Crippen molar-refractivity contribution >= 4 is 27.3 Å². The number of hydrogen-bond donors (Lipinski definition) is 2. The first-order chi connectivity index (χ1) is 13.8. The second-order valence-corrected chi connectivity index (χ2v) is 8.28. The molecule has 3 rings (SSSR count). The Labute approximate surface area is 170 Å². The van der Waals surface area contributed by atoms with E-state index in [-0.39, 0.29) is 17.4 Å². The molecule has 0 bridgehead atoms. The third-order valence-electron chi connectivity index (χ3n) is 4.19. The predicted octanol–water partition coefficient (Wildman–Crippen LogP) is 4.12. The maximum absolute atomic E-state index is 12.6. The van der Waals surface area contributed by atoms with E-state index in [2.05, 4.69) is 10.0 Å². The van der Waals surface area contributed by atoms with Crippen molar-refractivity contribution in [1.29, 1.82) is 0 Å². The highest BCUT2D eigenvalue weighted by Gasteiger charge is 2.15. The minimum absolute atomic E-state index is 0.107. The standard InChI is InChI=1S/C22H22N2O4S/c1-16-8-13-21(17(2)14-16)24-29(26,27)20-11-9-18(10-12-20)23-22(25)15-28-19-6-4-3-5-7-19/h3-14,24H,15H2,1-2H3,(H,23,25). The van der Waals surface area contributed by atoms with E-state index in [1.165, 1.54) is 24.3 Å². The average molecular weight is 410 g/mol. The average Bonchev–Trinajstić information content (AvgIpc) is 2.70. The Hall–Kier alpha value is -3.32. The molecule has 0 aromatic heterocycles. The molecule has 3 aromatic carbocycles. The van der Waals surface area contributed by atoms with E-state index in [0.29, 0.717) is 17.1 Å². The quantitative estimate of drug-likeness (QED) is 0.614. The molecule has 0 aliphatic rings. The van der Waals surface area contributed by atoms with Gasteiger partial charge < -0.3 is 10.1 Å². The summed E-state index contributed by atoms with van der Waals surface area (Å²) in [6.07, 6.45) is 0. The van der Waals surface area contributed by atoms with E-state index < -0.39 is 10.0 Å². The number of amides is 1. The number of ether oxygens (including phenoxy) is 1. The van der Waals surface area contributed by atoms with Gasteiger partial charge >= 0.3 is 0 Å². The van der Waals surface area contributed by atoms with E-state index in [0.717, 1.165) is 11.1 Å². The van der Waals surface area contributed by atoms with Crippen molar-refractivity contribution in [2.75, 3.05) is 16.6 Å². The van der Waals surface area contributed by atoms with Gasteiger partial charge in [0.05, 0.1) is 10.6 Å². The summed E-state index contributed by atoms with van der Waals surface area (Å²) in [4.78, 5) is 12.1. The zero-order chi connectivity index (χ0) is 20.9. The van der Waals surface area contributed by atoms with E-state index in [1.807, 2.05) is 44.2 Å². The van der Waals surface area contributed by atoms with Gasteiger partial charge in [-0.1, -0.05) is 35.9 Å². The fourth-order valence-electron chi connectivity index (χ4n) is 2.71. The van der Waals surface area contributed by atoms with Crippen molar-refractivity contribution in [3.8, 4) is 5.75 Å². The minimum atomic E-state index is -3.73. The number of para-hydroxylation sites is 1. The molecule has 150 valence electrons. The van der Waals surface area contributed by atoms with E-state index in [9.17, 15) is 13.2 Å². The molecule has 0 fully saturated rings. The summed E-state index contributed by atoms with van der Waals surface area (Å²) >= 11 is 0. The fraction of sp³-hybridized carbons (Fsp3) is 0.136. The fourth-order valence-corrected chi connectivity index (χ4v) is 3.84. The smallest absolute Gasteiger partial charge is 0.262 e. The maximum Gasteiger partial charge on any atom is 0.262 e. The van der Waals surface area contributed by atoms with Crippen molar-refractivity contribution in [2.24, 2.45) is 0 Å². The van der Waals surface area contributed by atoms with Gasteiger partial charge in [-0.25, -0.2) is 8.42 Å². The number of anilines is 2. The number of aryl methyl sites for hydroxylation is 2. The van der Waals surface area contributed by atoms with Gasteiger partial charge in [0.25, 0.3) is 15.9 Å². The second-order valence-electron chi connectivity index (χ2n) is 6.60. The Balaban J connectivity index is 1.62. The molecule has 0 saturated carbocycles. The van der Waals surface area contributed by atoms with Gasteiger partial charge in [0.2, 0.25) is 0 Å². The molecule has 7 heteroatoms. The van der Waals surface area contributed by atoms with Crippen molar-refractivity contribution in [2.45, 2.75) is 18.7 Å². The topological polar surface area (TPSA) is 84.5 Å². The van der Waals surface area contributed by atoms with Crippen LogP contribution in [0.1, 0.15) is 11.1 Å². The third kappa shape index (κ3) is 5.58. The van der Waals surface area contributed by atoms with Crippen LogP contribution in [0.5, 0.6) is 5.75 Å². The van der Waals surface area contributed by atoms with Crippen molar-refractivity contribution in [3.63, 3.8) is 0 Å². The number of rotatable bonds is 7. The van der Waals surface area contributed by atoms with E-state index in [1.54, 1.807) is 18.2 Å². The van der Waals surface area contributed by atoms with Gasteiger partial charge in [0, 0.05) is 5.69 Å². The molecule has 0 atom stereocenters. The van der Waals surface area contributed by atoms with Crippen LogP contribution in [0.4, 0.5) is 11.4 Å². The van der Waals surface area contributed by atoms with Gasteiger partial charge in [-0.15, -0.1) is 0 Å². The third-order valence-corrected chi connectivity index (χ3v) is 5.57. The number of carbonyl (C=O) groups is 1. The number of benzene rings is 3. The maximum atomic E-state index is 12.6. The SMILES string of the molecule is Cc1ccc(NS(=O)(=O)c2ccc(NC(=O)COc3ccccc3)cc2)c(C)c1. The lowest BCUT2D eigenvalue weighted by Gasteiger charge is -2.12. The van der Waals surface area contributed by atoms with Crippen LogP contribution in [0.15, 0.2) is 77.7 Å². The van der Waals surface area contributed by atoms with Crippen molar-refractivity contribution in [1.82, 2.24) is 0 Å². The van der Waals surface area contributed by atoms with Gasteiger partial charge in [0.1, 0.15) is 5.75 Å². The van der Waals surface area contributed by atoms with Crippen molar-refractivity contribution < 1.29 is 17.9 Å². The molecule has 0 saturated heterocycles. The molecule has 0 heterocycles. The van der Waals surface area contributed by atoms with Gasteiger partial charge in [-0.3, -0.25) is 9.52 Å². The van der Waals surface area contributed by atoms with Crippen LogP contribution < -0.4 is 14.8 Å². The van der Waals surface area contributed by atoms with Crippen LogP contribution in [0.25, 0.3) is 0 Å². The molecular formula is C22H22N2O4S. The van der Waals surface area contributed by atoms with Crippen molar-refractivity contribution in [3.05, 3.63) is 83.9 Å². The van der Waals surface area contributed by atoms with E-state index >= 15 is 0 Å². The molecular weight excluding hydrogens is 388 g/mol. The summed E-state index contributed by atoms with van der Waals surface area (Å²) in [6, 6.07) is 20.5. The summed E-state index contributed by atoms with van der Waals surface area (Å²) in [5, 5.41) is 2.68. The lowest BCUT2D eigenvalue weighted by atomic mass is 10.1. The number of sulfonamides is 1. The molecule has 3 aromatic rings. The molecule has 6 nitrogen and oxygen atoms in total. The summed E-state index contributed by atoms with van der Waals surface area (Å²) < 4.78 is 33.2. The Morgan fingerprint density at radius 3 is 2.28 bits per heavy atom. The normalized spacial score (nSPS) is 11.0. The highest BCUT2D eigenvalue weighted by atomic mass is 32.2. The van der Waals surface area contributed by atoms with Crippen LogP contribution >= 0.6 is 0 Å². The zero-order valence-electron chi connectivity index (χ0n) is 16.2. The first-order valence-electron chi connectivity index (χ1n) is 9.01. The lowest BCUT2D eigenvalue weighted by molar-refractivity contribution is -0.118. The lowest BCUT2D eigenvalue weighted by Crippen LogP contribution is -2.20. The van der Waals surface area contributed by atoms with Gasteiger partial charge in [0.15, 0.2) is 6.61 Å². The second kappa shape index (κ2) is 8.79. The molecule has 0 unspecified atom stereocenters. The Bertz CT molecular complexity index is 1100. The number of nitrogens with one attached hydrogen (secondary N) is 2. The van der Waals surface area contributed by atoms with Crippen LogP contribution in [0.3, 0.4) is 0 Å². The summed E-state index contributed by atoms with van der Waals surface area (Å²) in [5.41, 5.74) is 2.92. The van der Waals surface area contributed by atoms with E-state index in [4.69, 9.17) is 4.74 Å². The molecule has 1 amide bonds. The Morgan fingerprint density at radius 1 is 0.931 bits per heavy atom. The molecule has 0 aliphatic carbocycles. The summed E-state index contributed by atoms with van der Waals surface area (Å²) in [7, 11) is -3.73. The highest BCUT2D eigenvalue weighted by Crippen LogP contribution is 2.22. The Morgan fingerprint density at radius 2 is 1.62 bits per heavy atom. The first-order valence-corrected chi connectivity index (χ1v) is 10.5. The molecule has 0 spiro atoms. The van der Waals surface area contributed by atoms with Crippen LogP contribution in [-0.4, -0.2) is 20.9 Å². The monoisotopic (exact) mass is 410 g/mol. The first kappa shape index (κ1) is 20.4. The summed E-state index contributed by atoms with van der Waals surface area (Å²) in [6.45, 7) is 3.66.